The van der Waals surface area contributed by atoms with Gasteiger partial charge >= 0.3 is 5.97 Å². The molecule has 1 N–H and O–H groups in total. The molecule has 0 aliphatic rings. The average molecular weight is 260 g/mol. The number of methoxy groups -OCH3 is 1. The van der Waals surface area contributed by atoms with Crippen molar-refractivity contribution in [3.05, 3.63) is 29.5 Å². The summed E-state index contributed by atoms with van der Waals surface area (Å²) in [6.45, 7) is 3.39. The molecule has 1 heterocycles. The van der Waals surface area contributed by atoms with Gasteiger partial charge in [-0.2, -0.15) is 0 Å². The molecule has 0 bridgehead atoms. The van der Waals surface area contributed by atoms with Crippen LogP contribution in [-0.4, -0.2) is 23.6 Å². The van der Waals surface area contributed by atoms with Gasteiger partial charge in [-0.3, -0.25) is 4.79 Å². The molecule has 1 aromatic carbocycles. The van der Waals surface area contributed by atoms with Crippen molar-refractivity contribution in [2.24, 2.45) is 7.05 Å². The highest BCUT2D eigenvalue weighted by molar-refractivity contribution is 6.11. The summed E-state index contributed by atoms with van der Waals surface area (Å²) in [7, 11) is 3.10. The zero-order chi connectivity index (χ0) is 14.2. The third-order valence-corrected chi connectivity index (χ3v) is 3.04. The number of carbonyl (C=O) groups excluding carboxylic acids is 2. The molecule has 0 saturated carbocycles. The van der Waals surface area contributed by atoms with E-state index in [1.54, 1.807) is 11.6 Å². The molecule has 0 aliphatic heterocycles. The quantitative estimate of drug-likeness (QED) is 0.842. The Morgan fingerprint density at radius 2 is 2.00 bits per heavy atom. The minimum atomic E-state index is -0.472. The lowest BCUT2D eigenvalue weighted by atomic mass is 10.1. The smallest absolute Gasteiger partial charge is 0.356 e. The summed E-state index contributed by atoms with van der Waals surface area (Å²) in [6.07, 6.45) is 0. The summed E-state index contributed by atoms with van der Waals surface area (Å²) < 4.78 is 6.52. The van der Waals surface area contributed by atoms with Gasteiger partial charge in [-0.15, -0.1) is 0 Å². The van der Waals surface area contributed by atoms with Crippen molar-refractivity contribution in [1.29, 1.82) is 0 Å². The first kappa shape index (κ1) is 13.1. The zero-order valence-electron chi connectivity index (χ0n) is 11.4. The molecule has 1 aromatic heterocycles. The minimum absolute atomic E-state index is 0.224. The van der Waals surface area contributed by atoms with E-state index in [0.717, 1.165) is 16.5 Å². The maximum atomic E-state index is 11.9. The Morgan fingerprint density at radius 3 is 2.58 bits per heavy atom. The highest BCUT2D eigenvalue weighted by Gasteiger charge is 2.22. The predicted octanol–water partition coefficient (Wildman–Crippen LogP) is 2.23. The first-order valence-corrected chi connectivity index (χ1v) is 5.90. The van der Waals surface area contributed by atoms with Crippen LogP contribution < -0.4 is 5.32 Å². The van der Waals surface area contributed by atoms with E-state index in [9.17, 15) is 9.59 Å². The van der Waals surface area contributed by atoms with Gasteiger partial charge in [0.25, 0.3) is 0 Å². The third kappa shape index (κ3) is 2.19. The highest BCUT2D eigenvalue weighted by atomic mass is 16.5. The fourth-order valence-corrected chi connectivity index (χ4v) is 2.18. The van der Waals surface area contributed by atoms with E-state index < -0.39 is 5.97 Å². The Bertz CT molecular complexity index is 671. The molecule has 5 heteroatoms. The first-order chi connectivity index (χ1) is 8.95. The second kappa shape index (κ2) is 4.76. The molecule has 0 saturated heterocycles. The lowest BCUT2D eigenvalue weighted by molar-refractivity contribution is -0.114. The van der Waals surface area contributed by atoms with Crippen LogP contribution in [0.4, 0.5) is 5.69 Å². The fraction of sp³-hybridized carbons (Fsp3) is 0.286. The van der Waals surface area contributed by atoms with Gasteiger partial charge in [-0.05, 0) is 18.6 Å². The first-order valence-electron chi connectivity index (χ1n) is 5.90. The number of amides is 1. The molecule has 2 aromatic rings. The Labute approximate surface area is 111 Å². The number of ether oxygens (including phenoxy) is 1. The van der Waals surface area contributed by atoms with Crippen LogP contribution >= 0.6 is 0 Å². The van der Waals surface area contributed by atoms with Crippen LogP contribution in [0.3, 0.4) is 0 Å². The van der Waals surface area contributed by atoms with Gasteiger partial charge in [-0.25, -0.2) is 4.79 Å². The van der Waals surface area contributed by atoms with E-state index in [1.807, 2.05) is 25.1 Å². The molecule has 0 atom stereocenters. The van der Waals surface area contributed by atoms with Crippen LogP contribution in [0.2, 0.25) is 0 Å². The van der Waals surface area contributed by atoms with Crippen molar-refractivity contribution in [1.82, 2.24) is 4.57 Å². The van der Waals surface area contributed by atoms with E-state index in [1.165, 1.54) is 14.0 Å². The minimum Gasteiger partial charge on any atom is -0.464 e. The molecular weight excluding hydrogens is 244 g/mol. The third-order valence-electron chi connectivity index (χ3n) is 3.04. The maximum absolute atomic E-state index is 11.9. The van der Waals surface area contributed by atoms with Gasteiger partial charge in [0.05, 0.1) is 18.3 Å². The van der Waals surface area contributed by atoms with Crippen LogP contribution in [0.25, 0.3) is 10.9 Å². The summed E-state index contributed by atoms with van der Waals surface area (Å²) in [5.41, 5.74) is 2.80. The van der Waals surface area contributed by atoms with Gasteiger partial charge in [0, 0.05) is 19.4 Å². The highest BCUT2D eigenvalue weighted by Crippen LogP contribution is 2.31. The number of rotatable bonds is 2. The summed E-state index contributed by atoms with van der Waals surface area (Å²) in [5, 5.41) is 3.53. The van der Waals surface area contributed by atoms with Gasteiger partial charge in [0.1, 0.15) is 0 Å². The molecular formula is C14H16N2O3. The Hall–Kier alpha value is -2.30. The van der Waals surface area contributed by atoms with Crippen molar-refractivity contribution < 1.29 is 14.3 Å². The van der Waals surface area contributed by atoms with Gasteiger partial charge in [-0.1, -0.05) is 12.1 Å². The van der Waals surface area contributed by atoms with Crippen molar-refractivity contribution in [2.45, 2.75) is 13.8 Å². The molecule has 5 nitrogen and oxygen atoms in total. The van der Waals surface area contributed by atoms with E-state index in [-0.39, 0.29) is 5.91 Å². The second-order valence-electron chi connectivity index (χ2n) is 4.48. The lowest BCUT2D eigenvalue weighted by Gasteiger charge is -2.05. The van der Waals surface area contributed by atoms with E-state index in [4.69, 9.17) is 4.74 Å². The second-order valence-corrected chi connectivity index (χ2v) is 4.48. The van der Waals surface area contributed by atoms with Crippen molar-refractivity contribution in [3.63, 3.8) is 0 Å². The summed E-state index contributed by atoms with van der Waals surface area (Å²) in [4.78, 5) is 23.2. The molecule has 2 rings (SSSR count). The van der Waals surface area contributed by atoms with Crippen molar-refractivity contribution in [2.75, 3.05) is 12.4 Å². The maximum Gasteiger partial charge on any atom is 0.356 e. The Kier molecular flexibility index (Phi) is 3.29. The fourth-order valence-electron chi connectivity index (χ4n) is 2.18. The average Bonchev–Trinajstić information content (AvgIpc) is 2.61. The van der Waals surface area contributed by atoms with Gasteiger partial charge in [0.15, 0.2) is 5.69 Å². The number of carbonyl (C=O) groups is 2. The number of nitrogens with one attached hydrogen (secondary N) is 1. The number of nitrogens with zero attached hydrogens (tertiary/aromatic N) is 1. The summed E-state index contributed by atoms with van der Waals surface area (Å²) >= 11 is 0. The molecule has 0 radical (unpaired) electrons. The van der Waals surface area contributed by atoms with Crippen LogP contribution in [0.15, 0.2) is 18.2 Å². The zero-order valence-corrected chi connectivity index (χ0v) is 11.4. The number of esters is 1. The van der Waals surface area contributed by atoms with Crippen molar-refractivity contribution >= 4 is 28.5 Å². The Morgan fingerprint density at radius 1 is 1.32 bits per heavy atom. The molecule has 1 amide bonds. The number of aryl methyl sites for hydroxylation is 2. The van der Waals surface area contributed by atoms with Gasteiger partial charge in [0.2, 0.25) is 5.91 Å². The molecule has 19 heavy (non-hydrogen) atoms. The van der Waals surface area contributed by atoms with Crippen molar-refractivity contribution in [3.8, 4) is 0 Å². The van der Waals surface area contributed by atoms with Gasteiger partial charge < -0.3 is 14.6 Å². The van der Waals surface area contributed by atoms with E-state index in [0.29, 0.717) is 11.4 Å². The number of fused-ring (bicyclic) bond motifs is 1. The van der Waals surface area contributed by atoms with Crippen LogP contribution in [0, 0.1) is 6.92 Å². The molecule has 0 aliphatic carbocycles. The lowest BCUT2D eigenvalue weighted by Crippen LogP contribution is -2.13. The molecule has 100 valence electrons. The van der Waals surface area contributed by atoms with Crippen LogP contribution in [0.1, 0.15) is 23.0 Å². The van der Waals surface area contributed by atoms with Crippen LogP contribution in [-0.2, 0) is 16.6 Å². The summed E-state index contributed by atoms with van der Waals surface area (Å²) in [5.74, 6) is -0.696. The topological polar surface area (TPSA) is 60.3 Å². The standard InChI is InChI=1S/C14H16N2O3/c1-8-5-6-10-11(7-8)16(3)13(14(18)19-4)12(10)15-9(2)17/h5-7H,1-4H3,(H,15,17). The normalized spacial score (nSPS) is 10.5. The molecule has 0 unspecified atom stereocenters. The molecule has 0 spiro atoms. The number of aromatic nitrogens is 1. The van der Waals surface area contributed by atoms with E-state index in [2.05, 4.69) is 5.32 Å². The summed E-state index contributed by atoms with van der Waals surface area (Å²) in [6, 6.07) is 5.80. The SMILES string of the molecule is COC(=O)c1c(NC(C)=O)c2ccc(C)cc2n1C. The number of hydrogen-bond acceptors (Lipinski definition) is 3. The van der Waals surface area contributed by atoms with Crippen LogP contribution in [0.5, 0.6) is 0 Å². The van der Waals surface area contributed by atoms with E-state index >= 15 is 0 Å². The number of hydrogen-bond donors (Lipinski definition) is 1. The molecule has 0 fully saturated rings. The Balaban J connectivity index is 2.79. The number of anilines is 1. The monoisotopic (exact) mass is 260 g/mol. The largest absolute Gasteiger partial charge is 0.464 e. The predicted molar refractivity (Wildman–Crippen MR) is 73.3 cm³/mol. The number of benzene rings is 1.